The first-order chi connectivity index (χ1) is 11.9. The number of Topliss-reactive ketones (excluding diaryl/α,β-unsaturated/α-hetero) is 1. The smallest absolute Gasteiger partial charge is 0.182 e. The fourth-order valence-electron chi connectivity index (χ4n) is 7.14. The number of allylic oxidation sites excluding steroid dienone is 3. The average Bonchev–Trinajstić information content (AvgIpc) is 2.84. The van der Waals surface area contributed by atoms with Crippen LogP contribution in [0.2, 0.25) is 0 Å². The molecule has 4 rings (SSSR count). The van der Waals surface area contributed by atoms with Crippen molar-refractivity contribution < 1.29 is 14.3 Å². The van der Waals surface area contributed by atoms with Crippen LogP contribution >= 0.6 is 0 Å². The van der Waals surface area contributed by atoms with Crippen LogP contribution in [0.4, 0.5) is 0 Å². The Morgan fingerprint density at radius 1 is 1.16 bits per heavy atom. The number of methoxy groups -OCH3 is 1. The van der Waals surface area contributed by atoms with Crippen molar-refractivity contribution in [1.82, 2.24) is 0 Å². The van der Waals surface area contributed by atoms with Gasteiger partial charge in [0, 0.05) is 23.8 Å². The number of ketones is 2. The van der Waals surface area contributed by atoms with Gasteiger partial charge in [-0.25, -0.2) is 0 Å². The van der Waals surface area contributed by atoms with Crippen molar-refractivity contribution in [3.63, 3.8) is 0 Å². The maximum atomic E-state index is 12.7. The molecular formula is C22H30O3. The Hall–Kier alpha value is -1.38. The number of ether oxygens (including phenoxy) is 1. The third kappa shape index (κ3) is 2.10. The normalized spacial score (nSPS) is 45.9. The number of rotatable bonds is 2. The molecule has 0 spiro atoms. The summed E-state index contributed by atoms with van der Waals surface area (Å²) in [5, 5.41) is 0. The number of carbonyl (C=O) groups excluding carboxylic acids is 2. The SMILES string of the molecule is CC[C@@H]1C(=O)C[C@H]2[C@@H]3CCC4=CC(=O)C=C(OC)[C@]4(C)[C@H]3CC[C@]12C. The summed E-state index contributed by atoms with van der Waals surface area (Å²) in [6.45, 7) is 6.82. The zero-order valence-electron chi connectivity index (χ0n) is 15.9. The van der Waals surface area contributed by atoms with Gasteiger partial charge < -0.3 is 4.74 Å². The molecule has 4 aliphatic carbocycles. The molecule has 0 radical (unpaired) electrons. The van der Waals surface area contributed by atoms with Gasteiger partial charge in [0.1, 0.15) is 11.5 Å². The Balaban J connectivity index is 1.74. The Bertz CT molecular complexity index is 669. The van der Waals surface area contributed by atoms with E-state index in [-0.39, 0.29) is 22.5 Å². The van der Waals surface area contributed by atoms with Gasteiger partial charge in [-0.2, -0.15) is 0 Å². The first-order valence-corrected chi connectivity index (χ1v) is 9.90. The van der Waals surface area contributed by atoms with E-state index in [9.17, 15) is 9.59 Å². The Kier molecular flexibility index (Phi) is 3.79. The predicted octanol–water partition coefficient (Wildman–Crippen LogP) is 4.47. The lowest BCUT2D eigenvalue weighted by Gasteiger charge is -2.57. The van der Waals surface area contributed by atoms with Crippen LogP contribution in [0, 0.1) is 34.5 Å². The molecule has 3 heteroatoms. The van der Waals surface area contributed by atoms with E-state index >= 15 is 0 Å². The van der Waals surface area contributed by atoms with Crippen molar-refractivity contribution in [2.75, 3.05) is 7.11 Å². The van der Waals surface area contributed by atoms with E-state index < -0.39 is 0 Å². The van der Waals surface area contributed by atoms with Gasteiger partial charge in [0.05, 0.1) is 7.11 Å². The van der Waals surface area contributed by atoms with Gasteiger partial charge in [-0.15, -0.1) is 0 Å². The standard InChI is InChI=1S/C22H30O3/c1-5-16-19(24)12-18-15-7-6-13-10-14(23)11-20(25-4)22(13,3)17(15)8-9-21(16,18)2/h10-11,15-18H,5-9,12H2,1-4H3/t15-,16-,17+,18+,21-,22+/m1/s1. The summed E-state index contributed by atoms with van der Waals surface area (Å²) in [4.78, 5) is 24.8. The monoisotopic (exact) mass is 342 g/mol. The van der Waals surface area contributed by atoms with Crippen molar-refractivity contribution in [2.45, 2.75) is 59.3 Å². The molecule has 3 fully saturated rings. The van der Waals surface area contributed by atoms with Crippen molar-refractivity contribution in [3.8, 4) is 0 Å². The van der Waals surface area contributed by atoms with Crippen LogP contribution < -0.4 is 0 Å². The highest BCUT2D eigenvalue weighted by molar-refractivity contribution is 6.01. The van der Waals surface area contributed by atoms with Gasteiger partial charge in [-0.1, -0.05) is 19.4 Å². The molecule has 0 amide bonds. The zero-order valence-corrected chi connectivity index (χ0v) is 15.9. The molecule has 0 aliphatic heterocycles. The third-order valence-corrected chi connectivity index (χ3v) is 8.37. The lowest BCUT2D eigenvalue weighted by Crippen LogP contribution is -2.51. The van der Waals surface area contributed by atoms with Crippen LogP contribution in [-0.4, -0.2) is 18.7 Å². The highest BCUT2D eigenvalue weighted by atomic mass is 16.5. The number of fused-ring (bicyclic) bond motifs is 5. The van der Waals surface area contributed by atoms with Crippen molar-refractivity contribution in [1.29, 1.82) is 0 Å². The second-order valence-electron chi connectivity index (χ2n) is 9.08. The second kappa shape index (κ2) is 5.56. The van der Waals surface area contributed by atoms with Crippen LogP contribution in [0.25, 0.3) is 0 Å². The molecule has 0 bridgehead atoms. The lowest BCUT2D eigenvalue weighted by molar-refractivity contribution is -0.122. The molecular weight excluding hydrogens is 312 g/mol. The van der Waals surface area contributed by atoms with Gasteiger partial charge in [0.2, 0.25) is 0 Å². The van der Waals surface area contributed by atoms with E-state index in [4.69, 9.17) is 4.74 Å². The predicted molar refractivity (Wildman–Crippen MR) is 96.7 cm³/mol. The van der Waals surface area contributed by atoms with Gasteiger partial charge in [0.25, 0.3) is 0 Å². The molecule has 0 heterocycles. The topological polar surface area (TPSA) is 43.4 Å². The minimum atomic E-state index is -0.166. The summed E-state index contributed by atoms with van der Waals surface area (Å²) in [6, 6.07) is 0. The average molecular weight is 342 g/mol. The van der Waals surface area contributed by atoms with E-state index in [0.29, 0.717) is 23.5 Å². The van der Waals surface area contributed by atoms with Crippen LogP contribution in [-0.2, 0) is 14.3 Å². The largest absolute Gasteiger partial charge is 0.500 e. The summed E-state index contributed by atoms with van der Waals surface area (Å²) in [6.07, 6.45) is 9.60. The second-order valence-corrected chi connectivity index (χ2v) is 9.08. The highest BCUT2D eigenvalue weighted by Crippen LogP contribution is 2.66. The molecule has 0 saturated heterocycles. The number of carbonyl (C=O) groups is 2. The molecule has 0 aromatic carbocycles. The van der Waals surface area contributed by atoms with Crippen molar-refractivity contribution in [2.24, 2.45) is 34.5 Å². The van der Waals surface area contributed by atoms with Gasteiger partial charge in [0.15, 0.2) is 5.78 Å². The first kappa shape index (κ1) is 17.1. The van der Waals surface area contributed by atoms with E-state index in [0.717, 1.165) is 44.3 Å². The fraction of sp³-hybridized carbons (Fsp3) is 0.727. The molecule has 25 heavy (non-hydrogen) atoms. The summed E-state index contributed by atoms with van der Waals surface area (Å²) in [5.74, 6) is 3.17. The maximum Gasteiger partial charge on any atom is 0.182 e. The first-order valence-electron chi connectivity index (χ1n) is 9.90. The van der Waals surface area contributed by atoms with E-state index in [1.165, 1.54) is 5.57 Å². The summed E-state index contributed by atoms with van der Waals surface area (Å²) in [7, 11) is 1.69. The minimum Gasteiger partial charge on any atom is -0.500 e. The van der Waals surface area contributed by atoms with E-state index in [2.05, 4.69) is 20.8 Å². The summed E-state index contributed by atoms with van der Waals surface area (Å²) < 4.78 is 5.72. The van der Waals surface area contributed by atoms with Crippen molar-refractivity contribution >= 4 is 11.6 Å². The maximum absolute atomic E-state index is 12.7. The summed E-state index contributed by atoms with van der Waals surface area (Å²) >= 11 is 0. The summed E-state index contributed by atoms with van der Waals surface area (Å²) in [5.41, 5.74) is 1.25. The zero-order chi connectivity index (χ0) is 18.0. The highest BCUT2D eigenvalue weighted by Gasteiger charge is 2.61. The van der Waals surface area contributed by atoms with Crippen LogP contribution in [0.3, 0.4) is 0 Å². The molecule has 3 saturated carbocycles. The molecule has 0 aromatic heterocycles. The lowest BCUT2D eigenvalue weighted by atomic mass is 9.47. The Labute approximate surface area is 150 Å². The van der Waals surface area contributed by atoms with Gasteiger partial charge in [-0.3, -0.25) is 9.59 Å². The van der Waals surface area contributed by atoms with Crippen LogP contribution in [0.15, 0.2) is 23.5 Å². The van der Waals surface area contributed by atoms with Crippen molar-refractivity contribution in [3.05, 3.63) is 23.5 Å². The molecule has 0 N–H and O–H groups in total. The molecule has 0 unspecified atom stereocenters. The van der Waals surface area contributed by atoms with Gasteiger partial charge >= 0.3 is 0 Å². The quantitative estimate of drug-likeness (QED) is 0.743. The molecule has 0 aromatic rings. The number of hydrogen-bond donors (Lipinski definition) is 0. The van der Waals surface area contributed by atoms with Crippen LogP contribution in [0.1, 0.15) is 59.3 Å². The fourth-order valence-corrected chi connectivity index (χ4v) is 7.14. The number of hydrogen-bond acceptors (Lipinski definition) is 3. The van der Waals surface area contributed by atoms with Crippen LogP contribution in [0.5, 0.6) is 0 Å². The van der Waals surface area contributed by atoms with Gasteiger partial charge in [-0.05, 0) is 68.3 Å². The molecule has 3 nitrogen and oxygen atoms in total. The van der Waals surface area contributed by atoms with E-state index in [1.807, 2.05) is 6.08 Å². The Morgan fingerprint density at radius 2 is 1.92 bits per heavy atom. The third-order valence-electron chi connectivity index (χ3n) is 8.37. The Morgan fingerprint density at radius 3 is 2.60 bits per heavy atom. The molecule has 6 atom stereocenters. The molecule has 4 aliphatic rings. The minimum absolute atomic E-state index is 0.0607. The van der Waals surface area contributed by atoms with E-state index in [1.54, 1.807) is 13.2 Å². The molecule has 136 valence electrons.